The summed E-state index contributed by atoms with van der Waals surface area (Å²) in [6.07, 6.45) is 9.19. The van der Waals surface area contributed by atoms with Crippen LogP contribution in [0.25, 0.3) is 6.08 Å². The van der Waals surface area contributed by atoms with Gasteiger partial charge >= 0.3 is 5.97 Å². The van der Waals surface area contributed by atoms with Gasteiger partial charge in [-0.3, -0.25) is 4.79 Å². The molecule has 17 heavy (non-hydrogen) atoms. The molecule has 1 rings (SSSR count). The summed E-state index contributed by atoms with van der Waals surface area (Å²) in [4.78, 5) is 10.4. The van der Waals surface area contributed by atoms with Gasteiger partial charge in [-0.2, -0.15) is 4.57 Å². The lowest BCUT2D eigenvalue weighted by Crippen LogP contribution is -2.36. The number of aromatic nitrogens is 1. The molecule has 1 N–H and O–H groups in total. The topological polar surface area (TPSA) is 41.2 Å². The van der Waals surface area contributed by atoms with Crippen molar-refractivity contribution < 1.29 is 14.5 Å². The predicted octanol–water partition coefficient (Wildman–Crippen LogP) is 2.65. The highest BCUT2D eigenvalue weighted by Gasteiger charge is 2.05. The standard InChI is InChI=1S/C14H19NO2/c1-2-8-13-9-5-7-12-15(13)11-6-3-4-10-14(16)17/h2,5,7-9,12H,3-4,6,10-11H2,1H3/p+1/b8-2+. The van der Waals surface area contributed by atoms with E-state index in [1.807, 2.05) is 25.1 Å². The van der Waals surface area contributed by atoms with E-state index in [4.69, 9.17) is 5.11 Å². The second-order valence-corrected chi connectivity index (χ2v) is 4.02. The minimum atomic E-state index is -0.702. The number of carbonyl (C=O) groups is 1. The number of allylic oxidation sites excluding steroid dienone is 1. The molecule has 0 aliphatic heterocycles. The van der Waals surface area contributed by atoms with Crippen molar-refractivity contribution in [2.75, 3.05) is 0 Å². The summed E-state index contributed by atoms with van der Waals surface area (Å²) in [5, 5.41) is 8.53. The maximum absolute atomic E-state index is 10.4. The summed E-state index contributed by atoms with van der Waals surface area (Å²) < 4.78 is 2.20. The molecule has 3 nitrogen and oxygen atoms in total. The van der Waals surface area contributed by atoms with Crippen LogP contribution in [-0.2, 0) is 11.3 Å². The highest BCUT2D eigenvalue weighted by atomic mass is 16.4. The maximum Gasteiger partial charge on any atom is 0.303 e. The van der Waals surface area contributed by atoms with Gasteiger partial charge < -0.3 is 5.11 Å². The third kappa shape index (κ3) is 5.29. The predicted molar refractivity (Wildman–Crippen MR) is 67.4 cm³/mol. The number of aryl methyl sites for hydroxylation is 1. The Labute approximate surface area is 102 Å². The monoisotopic (exact) mass is 234 g/mol. The van der Waals surface area contributed by atoms with E-state index in [0.29, 0.717) is 0 Å². The number of nitrogens with zero attached hydrogens (tertiary/aromatic N) is 1. The fraction of sp³-hybridized carbons (Fsp3) is 0.429. The summed E-state index contributed by atoms with van der Waals surface area (Å²) in [5.41, 5.74) is 1.19. The summed E-state index contributed by atoms with van der Waals surface area (Å²) in [6, 6.07) is 6.12. The Morgan fingerprint density at radius 3 is 2.88 bits per heavy atom. The maximum atomic E-state index is 10.4. The quantitative estimate of drug-likeness (QED) is 0.582. The van der Waals surface area contributed by atoms with Crippen molar-refractivity contribution in [2.45, 2.75) is 39.2 Å². The molecule has 92 valence electrons. The van der Waals surface area contributed by atoms with E-state index in [2.05, 4.69) is 22.9 Å². The van der Waals surface area contributed by atoms with E-state index < -0.39 is 5.97 Å². The molecule has 1 aromatic rings. The first-order valence-electron chi connectivity index (χ1n) is 6.07. The number of rotatable bonds is 7. The number of pyridine rings is 1. The van der Waals surface area contributed by atoms with E-state index in [9.17, 15) is 4.79 Å². The van der Waals surface area contributed by atoms with Crippen molar-refractivity contribution in [1.29, 1.82) is 0 Å². The molecular weight excluding hydrogens is 214 g/mol. The summed E-state index contributed by atoms with van der Waals surface area (Å²) in [6.45, 7) is 2.95. The van der Waals surface area contributed by atoms with E-state index in [1.54, 1.807) is 0 Å². The molecule has 1 heterocycles. The molecule has 0 aliphatic rings. The van der Waals surface area contributed by atoms with Crippen LogP contribution in [0.5, 0.6) is 0 Å². The Bertz CT molecular complexity index is 386. The lowest BCUT2D eigenvalue weighted by molar-refractivity contribution is -0.699. The fourth-order valence-corrected chi connectivity index (χ4v) is 1.75. The van der Waals surface area contributed by atoms with Crippen molar-refractivity contribution in [2.24, 2.45) is 0 Å². The van der Waals surface area contributed by atoms with Crippen LogP contribution in [0.4, 0.5) is 0 Å². The number of carboxylic acid groups (broad SMARTS) is 1. The Hall–Kier alpha value is -1.64. The minimum absolute atomic E-state index is 0.279. The Morgan fingerprint density at radius 1 is 1.35 bits per heavy atom. The second kappa shape index (κ2) is 7.60. The summed E-state index contributed by atoms with van der Waals surface area (Å²) in [5.74, 6) is -0.702. The number of carboxylic acids is 1. The third-order valence-electron chi connectivity index (χ3n) is 2.60. The lowest BCUT2D eigenvalue weighted by atomic mass is 10.2. The summed E-state index contributed by atoms with van der Waals surface area (Å²) in [7, 11) is 0. The van der Waals surface area contributed by atoms with Gasteiger partial charge in [0.15, 0.2) is 6.20 Å². The molecule has 0 aromatic carbocycles. The van der Waals surface area contributed by atoms with Gasteiger partial charge in [0, 0.05) is 31.1 Å². The van der Waals surface area contributed by atoms with E-state index in [1.165, 1.54) is 5.69 Å². The van der Waals surface area contributed by atoms with Gasteiger partial charge in [0.25, 0.3) is 0 Å². The smallest absolute Gasteiger partial charge is 0.303 e. The Morgan fingerprint density at radius 2 is 2.18 bits per heavy atom. The van der Waals surface area contributed by atoms with Gasteiger partial charge in [-0.05, 0) is 25.8 Å². The molecular formula is C14H20NO2+. The Kier molecular flexibility index (Phi) is 6.00. The highest BCUT2D eigenvalue weighted by Crippen LogP contribution is 2.01. The van der Waals surface area contributed by atoms with E-state index >= 15 is 0 Å². The molecule has 3 heteroatoms. The van der Waals surface area contributed by atoms with Crippen LogP contribution in [0.15, 0.2) is 30.5 Å². The van der Waals surface area contributed by atoms with Gasteiger partial charge in [0.1, 0.15) is 6.54 Å². The fourth-order valence-electron chi connectivity index (χ4n) is 1.75. The highest BCUT2D eigenvalue weighted by molar-refractivity contribution is 5.66. The van der Waals surface area contributed by atoms with Crippen LogP contribution in [0.3, 0.4) is 0 Å². The molecule has 0 unspecified atom stereocenters. The second-order valence-electron chi connectivity index (χ2n) is 4.02. The lowest BCUT2D eigenvalue weighted by Gasteiger charge is -2.00. The molecule has 0 spiro atoms. The molecule has 0 aliphatic carbocycles. The largest absolute Gasteiger partial charge is 0.481 e. The number of aliphatic carboxylic acids is 1. The van der Waals surface area contributed by atoms with Crippen LogP contribution in [-0.4, -0.2) is 11.1 Å². The van der Waals surface area contributed by atoms with Crippen molar-refractivity contribution in [3.8, 4) is 0 Å². The van der Waals surface area contributed by atoms with E-state index in [0.717, 1.165) is 25.8 Å². The summed E-state index contributed by atoms with van der Waals surface area (Å²) >= 11 is 0. The number of hydrogen-bond acceptors (Lipinski definition) is 1. The third-order valence-corrected chi connectivity index (χ3v) is 2.60. The number of hydrogen-bond donors (Lipinski definition) is 1. The van der Waals surface area contributed by atoms with Crippen molar-refractivity contribution in [3.63, 3.8) is 0 Å². The molecule has 0 amide bonds. The molecule has 0 bridgehead atoms. The molecule has 0 atom stereocenters. The van der Waals surface area contributed by atoms with Crippen molar-refractivity contribution in [1.82, 2.24) is 0 Å². The van der Waals surface area contributed by atoms with Gasteiger partial charge in [0.2, 0.25) is 5.69 Å². The molecule has 1 aromatic heterocycles. The minimum Gasteiger partial charge on any atom is -0.481 e. The molecule has 0 saturated carbocycles. The zero-order chi connectivity index (χ0) is 12.5. The average Bonchev–Trinajstić information content (AvgIpc) is 2.31. The van der Waals surface area contributed by atoms with Crippen molar-refractivity contribution >= 4 is 12.0 Å². The average molecular weight is 234 g/mol. The zero-order valence-corrected chi connectivity index (χ0v) is 10.3. The SMILES string of the molecule is C/C=C/c1cccc[n+]1CCCCCC(=O)O. The normalized spacial score (nSPS) is 10.9. The zero-order valence-electron chi connectivity index (χ0n) is 10.3. The van der Waals surface area contributed by atoms with Crippen LogP contribution in [0, 0.1) is 0 Å². The molecule has 0 fully saturated rings. The van der Waals surface area contributed by atoms with Gasteiger partial charge in [-0.1, -0.05) is 6.08 Å². The van der Waals surface area contributed by atoms with Gasteiger partial charge in [-0.15, -0.1) is 0 Å². The van der Waals surface area contributed by atoms with Crippen LogP contribution < -0.4 is 4.57 Å². The van der Waals surface area contributed by atoms with Gasteiger partial charge in [0.05, 0.1) is 0 Å². The number of unbranched alkanes of at least 4 members (excludes halogenated alkanes) is 2. The Balaban J connectivity index is 2.38. The molecule has 0 radical (unpaired) electrons. The van der Waals surface area contributed by atoms with Crippen molar-refractivity contribution in [3.05, 3.63) is 36.2 Å². The van der Waals surface area contributed by atoms with Gasteiger partial charge in [-0.25, -0.2) is 0 Å². The molecule has 0 saturated heterocycles. The first kappa shape index (κ1) is 13.4. The van der Waals surface area contributed by atoms with Crippen LogP contribution >= 0.6 is 0 Å². The van der Waals surface area contributed by atoms with Crippen LogP contribution in [0.1, 0.15) is 38.3 Å². The first-order valence-corrected chi connectivity index (χ1v) is 6.07. The first-order chi connectivity index (χ1) is 8.24. The van der Waals surface area contributed by atoms with E-state index in [-0.39, 0.29) is 6.42 Å². The van der Waals surface area contributed by atoms with Crippen LogP contribution in [0.2, 0.25) is 0 Å².